The van der Waals surface area contributed by atoms with Gasteiger partial charge in [-0.3, -0.25) is 9.59 Å². The molecule has 0 radical (unpaired) electrons. The summed E-state index contributed by atoms with van der Waals surface area (Å²) in [7, 11) is 3.16. The molecule has 0 spiro atoms. The quantitative estimate of drug-likeness (QED) is 0.721. The van der Waals surface area contributed by atoms with Crippen molar-refractivity contribution in [1.82, 2.24) is 0 Å². The van der Waals surface area contributed by atoms with Crippen molar-refractivity contribution in [3.05, 3.63) is 59.7 Å². The van der Waals surface area contributed by atoms with Crippen LogP contribution in [-0.2, 0) is 0 Å². The molecule has 0 bridgehead atoms. The average Bonchev–Trinajstić information content (AvgIpc) is 2.65. The predicted octanol–water partition coefficient (Wildman–Crippen LogP) is 4.04. The van der Waals surface area contributed by atoms with Crippen molar-refractivity contribution in [3.8, 4) is 11.5 Å². The van der Waals surface area contributed by atoms with Crippen molar-refractivity contribution >= 4 is 11.6 Å². The van der Waals surface area contributed by atoms with E-state index in [-0.39, 0.29) is 11.6 Å². The Kier molecular flexibility index (Phi) is 5.74. The van der Waals surface area contributed by atoms with Crippen LogP contribution in [-0.4, -0.2) is 25.8 Å². The van der Waals surface area contributed by atoms with Crippen molar-refractivity contribution in [3.63, 3.8) is 0 Å². The number of hydrogen-bond acceptors (Lipinski definition) is 4. The molecule has 0 N–H and O–H groups in total. The van der Waals surface area contributed by atoms with Crippen LogP contribution in [0.15, 0.2) is 48.5 Å². The Morgan fingerprint density at radius 3 is 1.21 bits per heavy atom. The summed E-state index contributed by atoms with van der Waals surface area (Å²) in [5.41, 5.74) is 1.16. The minimum absolute atomic E-state index is 0.0491. The fraction of sp³-hybridized carbons (Fsp3) is 0.300. The van der Waals surface area contributed by atoms with E-state index in [2.05, 4.69) is 0 Å². The molecule has 24 heavy (non-hydrogen) atoms. The first-order chi connectivity index (χ1) is 11.5. The molecule has 0 amide bonds. The molecule has 2 atom stereocenters. The summed E-state index contributed by atoms with van der Waals surface area (Å²) in [6, 6.07) is 13.9. The van der Waals surface area contributed by atoms with Gasteiger partial charge in [-0.15, -0.1) is 0 Å². The lowest BCUT2D eigenvalue weighted by atomic mass is 9.83. The molecule has 4 heteroatoms. The molecule has 0 aliphatic rings. The van der Waals surface area contributed by atoms with Gasteiger partial charge < -0.3 is 9.47 Å². The van der Waals surface area contributed by atoms with E-state index in [4.69, 9.17) is 9.47 Å². The van der Waals surface area contributed by atoms with E-state index in [1.165, 1.54) is 0 Å². The van der Waals surface area contributed by atoms with E-state index in [1.54, 1.807) is 76.6 Å². The first-order valence-corrected chi connectivity index (χ1v) is 7.84. The van der Waals surface area contributed by atoms with E-state index < -0.39 is 11.8 Å². The third-order valence-corrected chi connectivity index (χ3v) is 4.33. The van der Waals surface area contributed by atoms with Gasteiger partial charge in [-0.05, 0) is 48.5 Å². The lowest BCUT2D eigenvalue weighted by Gasteiger charge is -2.18. The molecule has 0 aliphatic heterocycles. The zero-order valence-corrected chi connectivity index (χ0v) is 14.4. The van der Waals surface area contributed by atoms with Crippen LogP contribution in [0.25, 0.3) is 0 Å². The van der Waals surface area contributed by atoms with Gasteiger partial charge >= 0.3 is 0 Å². The van der Waals surface area contributed by atoms with Crippen LogP contribution < -0.4 is 9.47 Å². The fourth-order valence-electron chi connectivity index (χ4n) is 2.49. The third kappa shape index (κ3) is 3.82. The lowest BCUT2D eigenvalue weighted by Crippen LogP contribution is -2.25. The number of ketones is 2. The molecule has 0 aliphatic carbocycles. The number of methoxy groups -OCH3 is 2. The van der Waals surface area contributed by atoms with E-state index in [1.807, 2.05) is 0 Å². The van der Waals surface area contributed by atoms with Crippen LogP contribution in [0.1, 0.15) is 34.6 Å². The standard InChI is InChI=1S/C20H22O4/c1-13(19(21)15-5-9-17(23-3)10-6-15)14(2)20(22)16-7-11-18(24-4)12-8-16/h5-14H,1-4H3/t13-,14-/m0/s1. The molecule has 0 heterocycles. The van der Waals surface area contributed by atoms with Crippen molar-refractivity contribution in [2.24, 2.45) is 11.8 Å². The number of carbonyl (C=O) groups excluding carboxylic acids is 2. The molecule has 0 saturated heterocycles. The van der Waals surface area contributed by atoms with Crippen LogP contribution in [0.2, 0.25) is 0 Å². The smallest absolute Gasteiger partial charge is 0.166 e. The second kappa shape index (κ2) is 7.77. The van der Waals surface area contributed by atoms with Crippen LogP contribution in [0.4, 0.5) is 0 Å². The second-order valence-corrected chi connectivity index (χ2v) is 5.76. The summed E-state index contributed by atoms with van der Waals surface area (Å²) >= 11 is 0. The Morgan fingerprint density at radius 1 is 0.667 bits per heavy atom. The molecule has 126 valence electrons. The summed E-state index contributed by atoms with van der Waals surface area (Å²) in [6.07, 6.45) is 0. The first kappa shape index (κ1) is 17.7. The van der Waals surface area contributed by atoms with Gasteiger partial charge in [-0.25, -0.2) is 0 Å². The van der Waals surface area contributed by atoms with Crippen molar-refractivity contribution in [1.29, 1.82) is 0 Å². The minimum atomic E-state index is -0.409. The summed E-state index contributed by atoms with van der Waals surface area (Å²) in [6.45, 7) is 3.58. The van der Waals surface area contributed by atoms with Gasteiger partial charge in [0.2, 0.25) is 0 Å². The van der Waals surface area contributed by atoms with Gasteiger partial charge in [0.15, 0.2) is 11.6 Å². The highest BCUT2D eigenvalue weighted by Crippen LogP contribution is 2.23. The Bertz CT molecular complexity index is 638. The Morgan fingerprint density at radius 2 is 0.958 bits per heavy atom. The zero-order valence-electron chi connectivity index (χ0n) is 14.4. The highest BCUT2D eigenvalue weighted by atomic mass is 16.5. The maximum absolute atomic E-state index is 12.6. The van der Waals surface area contributed by atoms with Gasteiger partial charge in [0.1, 0.15) is 11.5 Å². The van der Waals surface area contributed by atoms with E-state index in [0.29, 0.717) is 22.6 Å². The van der Waals surface area contributed by atoms with Gasteiger partial charge in [0.25, 0.3) is 0 Å². The zero-order chi connectivity index (χ0) is 17.7. The molecule has 2 rings (SSSR count). The first-order valence-electron chi connectivity index (χ1n) is 7.84. The minimum Gasteiger partial charge on any atom is -0.497 e. The number of hydrogen-bond donors (Lipinski definition) is 0. The lowest BCUT2D eigenvalue weighted by molar-refractivity contribution is 0.0794. The van der Waals surface area contributed by atoms with Gasteiger partial charge in [0.05, 0.1) is 14.2 Å². The maximum atomic E-state index is 12.6. The van der Waals surface area contributed by atoms with Gasteiger partial charge in [-0.2, -0.15) is 0 Å². The predicted molar refractivity (Wildman–Crippen MR) is 93.0 cm³/mol. The van der Waals surface area contributed by atoms with Crippen LogP contribution >= 0.6 is 0 Å². The summed E-state index contributed by atoms with van der Waals surface area (Å²) in [5.74, 6) is 0.475. The van der Waals surface area contributed by atoms with Crippen molar-refractivity contribution in [2.45, 2.75) is 13.8 Å². The highest BCUT2D eigenvalue weighted by molar-refractivity contribution is 6.04. The largest absolute Gasteiger partial charge is 0.497 e. The Labute approximate surface area is 142 Å². The summed E-state index contributed by atoms with van der Waals surface area (Å²) in [5, 5.41) is 0. The molecule has 2 aromatic rings. The van der Waals surface area contributed by atoms with Crippen LogP contribution in [0, 0.1) is 11.8 Å². The molecular formula is C20H22O4. The molecule has 0 saturated carbocycles. The number of benzene rings is 2. The fourth-order valence-corrected chi connectivity index (χ4v) is 2.49. The van der Waals surface area contributed by atoms with Gasteiger partial charge in [-0.1, -0.05) is 13.8 Å². The molecular weight excluding hydrogens is 304 g/mol. The van der Waals surface area contributed by atoms with Crippen molar-refractivity contribution < 1.29 is 19.1 Å². The monoisotopic (exact) mass is 326 g/mol. The third-order valence-electron chi connectivity index (χ3n) is 4.33. The van der Waals surface area contributed by atoms with E-state index >= 15 is 0 Å². The molecule has 4 nitrogen and oxygen atoms in total. The summed E-state index contributed by atoms with van der Waals surface area (Å²) < 4.78 is 10.2. The highest BCUT2D eigenvalue weighted by Gasteiger charge is 2.27. The number of carbonyl (C=O) groups is 2. The average molecular weight is 326 g/mol. The number of Topliss-reactive ketones (excluding diaryl/α,β-unsaturated/α-hetero) is 2. The SMILES string of the molecule is COc1ccc(C(=O)[C@@H](C)[C@H](C)C(=O)c2ccc(OC)cc2)cc1. The van der Waals surface area contributed by atoms with E-state index in [0.717, 1.165) is 0 Å². The van der Waals surface area contributed by atoms with Gasteiger partial charge in [0, 0.05) is 23.0 Å². The summed E-state index contributed by atoms with van der Waals surface area (Å²) in [4.78, 5) is 25.2. The normalized spacial score (nSPS) is 13.0. The number of ether oxygens (including phenoxy) is 2. The molecule has 0 fully saturated rings. The van der Waals surface area contributed by atoms with Crippen LogP contribution in [0.5, 0.6) is 11.5 Å². The molecule has 0 aromatic heterocycles. The topological polar surface area (TPSA) is 52.6 Å². The molecule has 0 unspecified atom stereocenters. The Balaban J connectivity index is 2.12. The Hall–Kier alpha value is -2.62. The van der Waals surface area contributed by atoms with E-state index in [9.17, 15) is 9.59 Å². The maximum Gasteiger partial charge on any atom is 0.166 e. The van der Waals surface area contributed by atoms with Crippen molar-refractivity contribution in [2.75, 3.05) is 14.2 Å². The second-order valence-electron chi connectivity index (χ2n) is 5.76. The van der Waals surface area contributed by atoms with Crippen LogP contribution in [0.3, 0.4) is 0 Å². The molecule has 2 aromatic carbocycles. The number of rotatable bonds is 7.